The predicted octanol–water partition coefficient (Wildman–Crippen LogP) is 2.88. The van der Waals surface area contributed by atoms with Crippen LogP contribution in [0.15, 0.2) is 36.9 Å². The van der Waals surface area contributed by atoms with E-state index in [-0.39, 0.29) is 5.41 Å². The normalized spacial score (nSPS) is 13.4. The van der Waals surface area contributed by atoms with Crippen LogP contribution in [0.1, 0.15) is 37.1 Å². The van der Waals surface area contributed by atoms with Crippen molar-refractivity contribution >= 4 is 15.4 Å². The molecule has 0 amide bonds. The van der Waals surface area contributed by atoms with Gasteiger partial charge < -0.3 is 5.53 Å². The van der Waals surface area contributed by atoms with E-state index in [1.807, 2.05) is 12.1 Å². The predicted molar refractivity (Wildman–Crippen MR) is 76.7 cm³/mol. The topological polar surface area (TPSA) is 70.5 Å². The molecule has 0 bridgehead atoms. The summed E-state index contributed by atoms with van der Waals surface area (Å²) in [7, 11) is -3.68. The zero-order valence-electron chi connectivity index (χ0n) is 11.4. The average Bonchev–Trinajstić information content (AvgIpc) is 2.28. The number of nitrogens with zero attached hydrogens (tertiary/aromatic N) is 2. The van der Waals surface area contributed by atoms with Crippen LogP contribution in [-0.2, 0) is 15.3 Å². The highest BCUT2D eigenvalue weighted by Crippen LogP contribution is 2.27. The van der Waals surface area contributed by atoms with E-state index < -0.39 is 15.1 Å². The van der Waals surface area contributed by atoms with E-state index in [0.717, 1.165) is 5.56 Å². The summed E-state index contributed by atoms with van der Waals surface area (Å²) < 4.78 is 23.7. The second-order valence-corrected chi connectivity index (χ2v) is 7.23. The van der Waals surface area contributed by atoms with Gasteiger partial charge in [-0.25, -0.2) is 8.42 Å². The van der Waals surface area contributed by atoms with Crippen molar-refractivity contribution in [2.45, 2.75) is 31.4 Å². The van der Waals surface area contributed by atoms with Crippen LogP contribution in [0.3, 0.4) is 0 Å². The molecule has 1 aromatic rings. The minimum Gasteiger partial charge on any atom is -0.361 e. The zero-order valence-corrected chi connectivity index (χ0v) is 12.2. The molecule has 0 saturated carbocycles. The van der Waals surface area contributed by atoms with Crippen molar-refractivity contribution in [3.63, 3.8) is 0 Å². The molecule has 0 aliphatic rings. The van der Waals surface area contributed by atoms with Crippen LogP contribution in [0.25, 0.3) is 5.53 Å². The third-order valence-corrected chi connectivity index (χ3v) is 4.43. The Hall–Kier alpha value is -1.71. The van der Waals surface area contributed by atoms with Crippen molar-refractivity contribution in [3.05, 3.63) is 53.6 Å². The standard InChI is InChI=1S/C14H18N2O2S/c1-5-13(19(17,18)10-16-15)11-6-8-12(9-7-11)14(2,3)4/h5-10,13H,1H2,2-4H3. The van der Waals surface area contributed by atoms with Crippen molar-refractivity contribution < 1.29 is 13.2 Å². The summed E-state index contributed by atoms with van der Waals surface area (Å²) in [5.41, 5.74) is 10.7. The summed E-state index contributed by atoms with van der Waals surface area (Å²) in [6, 6.07) is 7.32. The van der Waals surface area contributed by atoms with Gasteiger partial charge in [-0.1, -0.05) is 51.1 Å². The summed E-state index contributed by atoms with van der Waals surface area (Å²) in [5.74, 6) is 0. The lowest BCUT2D eigenvalue weighted by Gasteiger charge is -2.19. The van der Waals surface area contributed by atoms with E-state index >= 15 is 0 Å². The molecule has 1 unspecified atom stereocenters. The molecular formula is C14H18N2O2S. The van der Waals surface area contributed by atoms with E-state index in [9.17, 15) is 8.42 Å². The Balaban J connectivity index is 3.22. The monoisotopic (exact) mass is 278 g/mol. The second kappa shape index (κ2) is 5.51. The Morgan fingerprint density at radius 3 is 2.16 bits per heavy atom. The summed E-state index contributed by atoms with van der Waals surface area (Å²) in [6.45, 7) is 9.79. The van der Waals surface area contributed by atoms with Crippen molar-refractivity contribution in [1.82, 2.24) is 0 Å². The molecule has 4 nitrogen and oxygen atoms in total. The van der Waals surface area contributed by atoms with E-state index in [1.54, 1.807) is 12.1 Å². The minimum absolute atomic E-state index is 0.00758. The van der Waals surface area contributed by atoms with Gasteiger partial charge in [0.05, 0.1) is 0 Å². The highest BCUT2D eigenvalue weighted by atomic mass is 32.2. The fourth-order valence-electron chi connectivity index (χ4n) is 1.76. The number of rotatable bonds is 4. The van der Waals surface area contributed by atoms with E-state index in [0.29, 0.717) is 11.1 Å². The summed E-state index contributed by atoms with van der Waals surface area (Å²) >= 11 is 0. The van der Waals surface area contributed by atoms with Gasteiger partial charge in [-0.15, -0.1) is 6.58 Å². The highest BCUT2D eigenvalue weighted by molar-refractivity contribution is 8.04. The summed E-state index contributed by atoms with van der Waals surface area (Å²) in [6.07, 6.45) is 1.32. The lowest BCUT2D eigenvalue weighted by molar-refractivity contribution is 0.00749. The Morgan fingerprint density at radius 2 is 1.79 bits per heavy atom. The fraction of sp³-hybridized carbons (Fsp3) is 0.357. The fourth-order valence-corrected chi connectivity index (χ4v) is 2.83. The van der Waals surface area contributed by atoms with Gasteiger partial charge in [0.15, 0.2) is 0 Å². The van der Waals surface area contributed by atoms with Crippen LogP contribution >= 0.6 is 0 Å². The molecule has 0 saturated heterocycles. The van der Waals surface area contributed by atoms with Gasteiger partial charge >= 0.3 is 5.55 Å². The molecule has 0 aliphatic carbocycles. The number of hydrogen-bond donors (Lipinski definition) is 0. The molecule has 0 aliphatic heterocycles. The lowest BCUT2D eigenvalue weighted by atomic mass is 9.86. The van der Waals surface area contributed by atoms with Gasteiger partial charge in [-0.3, -0.25) is 0 Å². The first-order valence-corrected chi connectivity index (χ1v) is 7.47. The van der Waals surface area contributed by atoms with Crippen LogP contribution in [0.4, 0.5) is 0 Å². The largest absolute Gasteiger partial charge is 0.371 e. The van der Waals surface area contributed by atoms with Crippen LogP contribution < -0.4 is 0 Å². The maximum atomic E-state index is 11.9. The molecule has 0 radical (unpaired) electrons. The Kier molecular flexibility index (Phi) is 4.45. The van der Waals surface area contributed by atoms with Crippen LogP contribution in [-0.4, -0.2) is 18.8 Å². The van der Waals surface area contributed by atoms with E-state index in [2.05, 4.69) is 32.1 Å². The summed E-state index contributed by atoms with van der Waals surface area (Å²) in [4.78, 5) is 2.60. The van der Waals surface area contributed by atoms with Crippen molar-refractivity contribution in [1.29, 1.82) is 0 Å². The van der Waals surface area contributed by atoms with Gasteiger partial charge in [-0.2, -0.15) is 4.79 Å². The number of benzene rings is 1. The molecule has 0 heterocycles. The average molecular weight is 278 g/mol. The zero-order chi connectivity index (χ0) is 14.7. The molecule has 1 atom stereocenters. The Morgan fingerprint density at radius 1 is 1.26 bits per heavy atom. The first-order valence-electron chi connectivity index (χ1n) is 5.86. The smallest absolute Gasteiger partial charge is 0.361 e. The molecule has 0 aromatic heterocycles. The maximum Gasteiger partial charge on any atom is 0.371 e. The van der Waals surface area contributed by atoms with E-state index in [1.165, 1.54) is 6.08 Å². The lowest BCUT2D eigenvalue weighted by Crippen LogP contribution is -2.14. The van der Waals surface area contributed by atoms with Gasteiger partial charge in [0.2, 0.25) is 0 Å². The van der Waals surface area contributed by atoms with E-state index in [4.69, 9.17) is 5.53 Å². The van der Waals surface area contributed by atoms with Gasteiger partial charge in [0.25, 0.3) is 9.84 Å². The van der Waals surface area contributed by atoms with Gasteiger partial charge in [-0.05, 0) is 16.5 Å². The summed E-state index contributed by atoms with van der Waals surface area (Å²) in [5, 5.41) is -0.905. The molecule has 102 valence electrons. The maximum absolute atomic E-state index is 11.9. The molecule has 0 fully saturated rings. The quantitative estimate of drug-likeness (QED) is 0.279. The SMILES string of the molecule is C=CC(c1ccc(C(C)(C)C)cc1)S(=O)(=O)C=[N+]=[N-]. The third-order valence-electron chi connectivity index (χ3n) is 2.87. The third kappa shape index (κ3) is 3.63. The number of hydrogen-bond acceptors (Lipinski definition) is 2. The van der Waals surface area contributed by atoms with Crippen LogP contribution in [0.2, 0.25) is 0 Å². The first-order chi connectivity index (χ1) is 8.72. The van der Waals surface area contributed by atoms with Crippen LogP contribution in [0, 0.1) is 0 Å². The van der Waals surface area contributed by atoms with Crippen molar-refractivity contribution in [3.8, 4) is 0 Å². The van der Waals surface area contributed by atoms with Crippen LogP contribution in [0.5, 0.6) is 0 Å². The molecular weight excluding hydrogens is 260 g/mol. The molecule has 0 N–H and O–H groups in total. The second-order valence-electron chi connectivity index (χ2n) is 5.34. The van der Waals surface area contributed by atoms with Crippen molar-refractivity contribution in [2.24, 2.45) is 0 Å². The molecule has 5 heteroatoms. The number of sulfone groups is 1. The first kappa shape index (κ1) is 15.3. The molecule has 1 rings (SSSR count). The highest BCUT2D eigenvalue weighted by Gasteiger charge is 2.26. The van der Waals surface area contributed by atoms with Gasteiger partial charge in [0.1, 0.15) is 5.25 Å². The molecule has 19 heavy (non-hydrogen) atoms. The van der Waals surface area contributed by atoms with Gasteiger partial charge in [0, 0.05) is 0 Å². The molecule has 0 spiro atoms. The minimum atomic E-state index is -3.68. The Labute approximate surface area is 114 Å². The Bertz CT molecular complexity index is 604. The molecule has 1 aromatic carbocycles. The van der Waals surface area contributed by atoms with Crippen molar-refractivity contribution in [2.75, 3.05) is 0 Å².